The summed E-state index contributed by atoms with van der Waals surface area (Å²) in [5, 5.41) is 10.6. The van der Waals surface area contributed by atoms with E-state index in [1.165, 1.54) is 6.20 Å². The van der Waals surface area contributed by atoms with Crippen molar-refractivity contribution in [1.82, 2.24) is 24.9 Å². The van der Waals surface area contributed by atoms with Crippen molar-refractivity contribution >= 4 is 12.4 Å². The van der Waals surface area contributed by atoms with E-state index < -0.39 is 6.55 Å². The van der Waals surface area contributed by atoms with Crippen LogP contribution in [0.1, 0.15) is 17.8 Å². The van der Waals surface area contributed by atoms with Crippen molar-refractivity contribution in [3.8, 4) is 0 Å². The van der Waals surface area contributed by atoms with Crippen molar-refractivity contribution in [3.63, 3.8) is 0 Å². The smallest absolute Gasteiger partial charge is 0.307 e. The Kier molecular flexibility index (Phi) is 5.24. The van der Waals surface area contributed by atoms with Gasteiger partial charge in [-0.15, -0.1) is 12.4 Å². The van der Waals surface area contributed by atoms with Crippen LogP contribution in [0.25, 0.3) is 0 Å². The van der Waals surface area contributed by atoms with Crippen LogP contribution in [-0.2, 0) is 20.1 Å². The molecule has 1 N–H and O–H groups in total. The third-order valence-corrected chi connectivity index (χ3v) is 2.33. The molecule has 0 atom stereocenters. The van der Waals surface area contributed by atoms with E-state index in [-0.39, 0.29) is 12.4 Å². The monoisotopic (exact) mass is 277 g/mol. The van der Waals surface area contributed by atoms with Crippen LogP contribution < -0.4 is 5.32 Å². The third kappa shape index (κ3) is 3.51. The highest BCUT2D eigenvalue weighted by atomic mass is 35.5. The standard InChI is InChI=1S/C10H13F2N5.ClH/c1-16-7-8(5-15-16)4-13-6-9-2-3-14-17(9)10(11)12;/h2-3,5,7,10,13H,4,6H2,1H3;1H. The molecular weight excluding hydrogens is 264 g/mol. The molecule has 0 saturated carbocycles. The molecule has 2 aromatic rings. The second-order valence-electron chi connectivity index (χ2n) is 3.67. The van der Waals surface area contributed by atoms with E-state index in [0.29, 0.717) is 23.5 Å². The van der Waals surface area contributed by atoms with E-state index in [9.17, 15) is 8.78 Å². The largest absolute Gasteiger partial charge is 0.333 e. The van der Waals surface area contributed by atoms with Crippen LogP contribution >= 0.6 is 12.4 Å². The van der Waals surface area contributed by atoms with E-state index in [1.807, 2.05) is 13.2 Å². The minimum Gasteiger partial charge on any atom is -0.307 e. The quantitative estimate of drug-likeness (QED) is 0.905. The first-order chi connectivity index (χ1) is 8.16. The van der Waals surface area contributed by atoms with Gasteiger partial charge in [0.2, 0.25) is 0 Å². The van der Waals surface area contributed by atoms with Crippen LogP contribution in [0.4, 0.5) is 8.78 Å². The molecule has 2 heterocycles. The molecule has 18 heavy (non-hydrogen) atoms. The summed E-state index contributed by atoms with van der Waals surface area (Å²) >= 11 is 0. The van der Waals surface area contributed by atoms with Crippen molar-refractivity contribution in [2.75, 3.05) is 0 Å². The molecule has 2 rings (SSSR count). The average Bonchev–Trinajstić information content (AvgIpc) is 2.87. The van der Waals surface area contributed by atoms with E-state index in [4.69, 9.17) is 0 Å². The molecule has 100 valence electrons. The molecule has 0 spiro atoms. The van der Waals surface area contributed by atoms with Crippen LogP contribution in [0.2, 0.25) is 0 Å². The number of aromatic nitrogens is 4. The lowest BCUT2D eigenvalue weighted by molar-refractivity contribution is 0.0531. The summed E-state index contributed by atoms with van der Waals surface area (Å²) in [4.78, 5) is 0. The van der Waals surface area contributed by atoms with Crippen molar-refractivity contribution in [1.29, 1.82) is 0 Å². The number of hydrogen-bond acceptors (Lipinski definition) is 3. The molecule has 0 amide bonds. The van der Waals surface area contributed by atoms with Crippen LogP contribution in [0, 0.1) is 0 Å². The fraction of sp³-hybridized carbons (Fsp3) is 0.400. The zero-order valence-electron chi connectivity index (χ0n) is 9.75. The average molecular weight is 278 g/mol. The normalized spacial score (nSPS) is 10.7. The number of alkyl halides is 2. The highest BCUT2D eigenvalue weighted by Gasteiger charge is 2.10. The molecule has 0 unspecified atom stereocenters. The summed E-state index contributed by atoms with van der Waals surface area (Å²) < 4.78 is 27.3. The Labute approximate surface area is 109 Å². The molecular formula is C10H14ClF2N5. The van der Waals surface area contributed by atoms with Gasteiger partial charge < -0.3 is 5.32 Å². The van der Waals surface area contributed by atoms with E-state index in [0.717, 1.165) is 5.56 Å². The summed E-state index contributed by atoms with van der Waals surface area (Å²) in [6, 6.07) is 1.57. The lowest BCUT2D eigenvalue weighted by Crippen LogP contribution is -2.16. The van der Waals surface area contributed by atoms with Gasteiger partial charge in [-0.2, -0.15) is 19.0 Å². The molecule has 0 bridgehead atoms. The van der Waals surface area contributed by atoms with Gasteiger partial charge in [-0.05, 0) is 6.07 Å². The van der Waals surface area contributed by atoms with Crippen LogP contribution in [-0.4, -0.2) is 19.6 Å². The number of nitrogens with zero attached hydrogens (tertiary/aromatic N) is 4. The van der Waals surface area contributed by atoms with Crippen molar-refractivity contribution in [2.24, 2.45) is 7.05 Å². The molecule has 5 nitrogen and oxygen atoms in total. The molecule has 0 fully saturated rings. The minimum atomic E-state index is -2.60. The Balaban J connectivity index is 0.00000162. The predicted octanol–water partition coefficient (Wildman–Crippen LogP) is 1.72. The second-order valence-corrected chi connectivity index (χ2v) is 3.67. The predicted molar refractivity (Wildman–Crippen MR) is 64.5 cm³/mol. The van der Waals surface area contributed by atoms with Gasteiger partial charge in [-0.25, -0.2) is 4.68 Å². The molecule has 8 heteroatoms. The van der Waals surface area contributed by atoms with Crippen LogP contribution in [0.5, 0.6) is 0 Å². The fourth-order valence-corrected chi connectivity index (χ4v) is 1.56. The number of aryl methyl sites for hydroxylation is 1. The maximum atomic E-state index is 12.5. The van der Waals surface area contributed by atoms with Crippen molar-refractivity contribution in [3.05, 3.63) is 35.9 Å². The molecule has 0 aliphatic carbocycles. The fourth-order valence-electron chi connectivity index (χ4n) is 1.56. The first kappa shape index (κ1) is 14.6. The Morgan fingerprint density at radius 1 is 1.33 bits per heavy atom. The molecule has 0 radical (unpaired) electrons. The van der Waals surface area contributed by atoms with Crippen molar-refractivity contribution < 1.29 is 8.78 Å². The van der Waals surface area contributed by atoms with Gasteiger partial charge in [0.1, 0.15) is 0 Å². The summed E-state index contributed by atoms with van der Waals surface area (Å²) in [6.45, 7) is -1.67. The number of halogens is 3. The lowest BCUT2D eigenvalue weighted by atomic mass is 10.3. The number of nitrogens with one attached hydrogen (secondary N) is 1. The summed E-state index contributed by atoms with van der Waals surface area (Å²) in [5.41, 5.74) is 1.47. The molecule has 0 aromatic carbocycles. The Morgan fingerprint density at radius 3 is 2.72 bits per heavy atom. The van der Waals surface area contributed by atoms with E-state index >= 15 is 0 Å². The van der Waals surface area contributed by atoms with Crippen LogP contribution in [0.15, 0.2) is 24.7 Å². The van der Waals surface area contributed by atoms with Gasteiger partial charge in [-0.1, -0.05) is 0 Å². The topological polar surface area (TPSA) is 47.7 Å². The lowest BCUT2D eigenvalue weighted by Gasteiger charge is -2.06. The third-order valence-electron chi connectivity index (χ3n) is 2.33. The van der Waals surface area contributed by atoms with Crippen molar-refractivity contribution in [2.45, 2.75) is 19.6 Å². The maximum Gasteiger partial charge on any atom is 0.333 e. The first-order valence-electron chi connectivity index (χ1n) is 5.15. The Bertz CT molecular complexity index is 482. The van der Waals surface area contributed by atoms with Crippen LogP contribution in [0.3, 0.4) is 0 Å². The Morgan fingerprint density at radius 2 is 2.11 bits per heavy atom. The van der Waals surface area contributed by atoms with Gasteiger partial charge in [0.25, 0.3) is 0 Å². The molecule has 0 aliphatic rings. The molecule has 0 aliphatic heterocycles. The maximum absolute atomic E-state index is 12.5. The van der Waals surface area contributed by atoms with Gasteiger partial charge in [0.15, 0.2) is 0 Å². The molecule has 0 saturated heterocycles. The van der Waals surface area contributed by atoms with Gasteiger partial charge in [0, 0.05) is 38.1 Å². The Hall–Kier alpha value is -1.47. The van der Waals surface area contributed by atoms with E-state index in [2.05, 4.69) is 15.5 Å². The van der Waals surface area contributed by atoms with Gasteiger partial charge >= 0.3 is 6.55 Å². The summed E-state index contributed by atoms with van der Waals surface area (Å²) in [7, 11) is 1.83. The number of hydrogen-bond donors (Lipinski definition) is 1. The van der Waals surface area contributed by atoms with Gasteiger partial charge in [0.05, 0.1) is 11.9 Å². The first-order valence-corrected chi connectivity index (χ1v) is 5.15. The second kappa shape index (κ2) is 6.46. The summed E-state index contributed by atoms with van der Waals surface area (Å²) in [5.74, 6) is 0. The zero-order chi connectivity index (χ0) is 12.3. The molecule has 2 aromatic heterocycles. The number of rotatable bonds is 5. The SMILES string of the molecule is Cl.Cn1cc(CNCc2ccnn2C(F)F)cn1. The minimum absolute atomic E-state index is 0. The zero-order valence-corrected chi connectivity index (χ0v) is 10.6. The van der Waals surface area contributed by atoms with Gasteiger partial charge in [-0.3, -0.25) is 4.68 Å². The highest BCUT2D eigenvalue weighted by Crippen LogP contribution is 2.11. The van der Waals surface area contributed by atoms with E-state index in [1.54, 1.807) is 16.9 Å². The highest BCUT2D eigenvalue weighted by molar-refractivity contribution is 5.85. The summed E-state index contributed by atoms with van der Waals surface area (Å²) in [6.07, 6.45) is 4.97.